The van der Waals surface area contributed by atoms with Gasteiger partial charge in [0.05, 0.1) is 19.8 Å². The summed E-state index contributed by atoms with van der Waals surface area (Å²) in [4.78, 5) is 0. The molecule has 1 fully saturated rings. The lowest BCUT2D eigenvalue weighted by Gasteiger charge is -2.25. The molecule has 1 aliphatic heterocycles. The fourth-order valence-corrected chi connectivity index (χ4v) is 2.78. The predicted molar refractivity (Wildman–Crippen MR) is 72.9 cm³/mol. The zero-order chi connectivity index (χ0) is 13.8. The maximum atomic E-state index is 13.5. The fourth-order valence-electron chi connectivity index (χ4n) is 2.78. The molecule has 0 aliphatic carbocycles. The molecule has 1 aliphatic rings. The molecule has 1 N–H and O–H groups in total. The highest BCUT2D eigenvalue weighted by molar-refractivity contribution is 5.37. The number of nitrogens with one attached hydrogen (secondary N) is 1. The quantitative estimate of drug-likeness (QED) is 0.889. The van der Waals surface area contributed by atoms with Crippen molar-refractivity contribution >= 4 is 0 Å². The number of benzene rings is 1. The van der Waals surface area contributed by atoms with Crippen molar-refractivity contribution in [2.45, 2.75) is 32.4 Å². The number of methoxy groups -OCH3 is 1. The predicted octanol–water partition coefficient (Wildman–Crippen LogP) is 2.91. The molecule has 0 saturated carbocycles. The van der Waals surface area contributed by atoms with Gasteiger partial charge in [-0.25, -0.2) is 4.39 Å². The summed E-state index contributed by atoms with van der Waals surface area (Å²) in [5.74, 6) is 0.850. The average Bonchev–Trinajstić information content (AvgIpc) is 2.82. The van der Waals surface area contributed by atoms with Crippen LogP contribution in [-0.4, -0.2) is 26.4 Å². The van der Waals surface area contributed by atoms with E-state index in [2.05, 4.69) is 19.2 Å². The van der Waals surface area contributed by atoms with E-state index in [1.807, 2.05) is 0 Å². The van der Waals surface area contributed by atoms with Crippen molar-refractivity contribution in [2.75, 3.05) is 20.3 Å². The molecule has 1 saturated heterocycles. The molecule has 0 spiro atoms. The first-order valence-electron chi connectivity index (χ1n) is 6.84. The van der Waals surface area contributed by atoms with E-state index in [9.17, 15) is 4.39 Å². The van der Waals surface area contributed by atoms with E-state index < -0.39 is 0 Å². The highest BCUT2D eigenvalue weighted by Crippen LogP contribution is 2.36. The molecule has 1 aromatic rings. The Morgan fingerprint density at radius 1 is 1.53 bits per heavy atom. The van der Waals surface area contributed by atoms with E-state index in [0.29, 0.717) is 12.5 Å². The van der Waals surface area contributed by atoms with Crippen LogP contribution >= 0.6 is 0 Å². The minimum Gasteiger partial charge on any atom is -0.496 e. The Kier molecular flexibility index (Phi) is 4.77. The minimum absolute atomic E-state index is 0.0700. The normalized spacial score (nSPS) is 24.4. The van der Waals surface area contributed by atoms with E-state index >= 15 is 0 Å². The van der Waals surface area contributed by atoms with Gasteiger partial charge in [0.1, 0.15) is 11.6 Å². The summed E-state index contributed by atoms with van der Waals surface area (Å²) in [6, 6.07) is 4.75. The van der Waals surface area contributed by atoms with Crippen molar-refractivity contribution in [1.29, 1.82) is 0 Å². The second kappa shape index (κ2) is 6.35. The molecule has 106 valence electrons. The van der Waals surface area contributed by atoms with Crippen LogP contribution in [0.25, 0.3) is 0 Å². The first kappa shape index (κ1) is 14.3. The van der Waals surface area contributed by atoms with E-state index in [4.69, 9.17) is 9.47 Å². The van der Waals surface area contributed by atoms with E-state index in [1.54, 1.807) is 19.2 Å². The average molecular weight is 267 g/mol. The molecule has 2 rings (SSSR count). The highest BCUT2D eigenvalue weighted by Gasteiger charge is 2.31. The minimum atomic E-state index is -0.231. The Morgan fingerprint density at radius 3 is 2.89 bits per heavy atom. The molecular formula is C15H22FNO2. The summed E-state index contributed by atoms with van der Waals surface area (Å²) in [5, 5.41) is 3.44. The van der Waals surface area contributed by atoms with Crippen LogP contribution in [0, 0.1) is 11.7 Å². The van der Waals surface area contributed by atoms with E-state index in [1.165, 1.54) is 6.07 Å². The molecule has 3 atom stereocenters. The molecular weight excluding hydrogens is 245 g/mol. The molecule has 19 heavy (non-hydrogen) atoms. The van der Waals surface area contributed by atoms with Gasteiger partial charge in [-0.3, -0.25) is 0 Å². The Balaban J connectivity index is 2.30. The van der Waals surface area contributed by atoms with Gasteiger partial charge < -0.3 is 14.8 Å². The van der Waals surface area contributed by atoms with Gasteiger partial charge >= 0.3 is 0 Å². The maximum absolute atomic E-state index is 13.5. The van der Waals surface area contributed by atoms with Gasteiger partial charge in [-0.05, 0) is 38.1 Å². The zero-order valence-corrected chi connectivity index (χ0v) is 11.8. The lowest BCUT2D eigenvalue weighted by atomic mass is 9.90. The highest BCUT2D eigenvalue weighted by atomic mass is 19.1. The molecule has 1 heterocycles. The summed E-state index contributed by atoms with van der Waals surface area (Å²) < 4.78 is 24.5. The van der Waals surface area contributed by atoms with Crippen LogP contribution in [0.4, 0.5) is 4.39 Å². The zero-order valence-electron chi connectivity index (χ0n) is 11.8. The first-order valence-corrected chi connectivity index (χ1v) is 6.84. The van der Waals surface area contributed by atoms with Crippen LogP contribution in [0.3, 0.4) is 0 Å². The van der Waals surface area contributed by atoms with Crippen molar-refractivity contribution in [2.24, 2.45) is 5.92 Å². The van der Waals surface area contributed by atoms with E-state index in [0.717, 1.165) is 24.3 Å². The van der Waals surface area contributed by atoms with Crippen molar-refractivity contribution in [1.82, 2.24) is 5.32 Å². The summed E-state index contributed by atoms with van der Waals surface area (Å²) in [7, 11) is 1.62. The Morgan fingerprint density at radius 2 is 2.32 bits per heavy atom. The van der Waals surface area contributed by atoms with Gasteiger partial charge in [0.15, 0.2) is 0 Å². The molecule has 3 nitrogen and oxygen atoms in total. The Hall–Kier alpha value is -1.13. The number of rotatable bonds is 5. The second-order valence-electron chi connectivity index (χ2n) is 5.06. The molecule has 0 bridgehead atoms. The van der Waals surface area contributed by atoms with Crippen LogP contribution < -0.4 is 10.1 Å². The van der Waals surface area contributed by atoms with Crippen molar-refractivity contribution < 1.29 is 13.9 Å². The SMILES string of the molecule is CCNC(c1cc(F)ccc1OC)C1COC(C)C1. The fraction of sp³-hybridized carbons (Fsp3) is 0.600. The van der Waals surface area contributed by atoms with Gasteiger partial charge in [0.25, 0.3) is 0 Å². The standard InChI is InChI=1S/C15H22FNO2/c1-4-17-15(11-7-10(2)19-9-11)13-8-12(16)5-6-14(13)18-3/h5-6,8,10-11,15,17H,4,7,9H2,1-3H3. The molecule has 0 aromatic heterocycles. The van der Waals surface area contributed by atoms with Crippen LogP contribution in [0.5, 0.6) is 5.75 Å². The molecule has 1 aromatic carbocycles. The van der Waals surface area contributed by atoms with Crippen molar-refractivity contribution in [3.63, 3.8) is 0 Å². The van der Waals surface area contributed by atoms with E-state index in [-0.39, 0.29) is 18.0 Å². The third-order valence-corrected chi connectivity index (χ3v) is 3.65. The number of hydrogen-bond donors (Lipinski definition) is 1. The summed E-state index contributed by atoms with van der Waals surface area (Å²) in [6.45, 7) is 5.66. The van der Waals surface area contributed by atoms with Gasteiger partial charge in [-0.1, -0.05) is 6.92 Å². The topological polar surface area (TPSA) is 30.5 Å². The maximum Gasteiger partial charge on any atom is 0.123 e. The Labute approximate surface area is 114 Å². The van der Waals surface area contributed by atoms with Gasteiger partial charge in [0.2, 0.25) is 0 Å². The van der Waals surface area contributed by atoms with Gasteiger partial charge in [-0.2, -0.15) is 0 Å². The van der Waals surface area contributed by atoms with Crippen LogP contribution in [0.2, 0.25) is 0 Å². The van der Waals surface area contributed by atoms with Crippen LogP contribution in [0.15, 0.2) is 18.2 Å². The van der Waals surface area contributed by atoms with Crippen LogP contribution in [0.1, 0.15) is 31.9 Å². The summed E-state index contributed by atoms with van der Waals surface area (Å²) >= 11 is 0. The molecule has 0 radical (unpaired) electrons. The largest absolute Gasteiger partial charge is 0.496 e. The summed E-state index contributed by atoms with van der Waals surface area (Å²) in [5.41, 5.74) is 0.882. The van der Waals surface area contributed by atoms with Gasteiger partial charge in [-0.15, -0.1) is 0 Å². The first-order chi connectivity index (χ1) is 9.15. The van der Waals surface area contributed by atoms with Crippen molar-refractivity contribution in [3.05, 3.63) is 29.6 Å². The molecule has 0 amide bonds. The second-order valence-corrected chi connectivity index (χ2v) is 5.06. The third kappa shape index (κ3) is 3.25. The van der Waals surface area contributed by atoms with Gasteiger partial charge in [0, 0.05) is 17.5 Å². The monoisotopic (exact) mass is 267 g/mol. The Bertz CT molecular complexity index is 425. The molecule has 4 heteroatoms. The lowest BCUT2D eigenvalue weighted by molar-refractivity contribution is 0.116. The van der Waals surface area contributed by atoms with Crippen molar-refractivity contribution in [3.8, 4) is 5.75 Å². The molecule has 3 unspecified atom stereocenters. The lowest BCUT2D eigenvalue weighted by Crippen LogP contribution is -2.29. The number of hydrogen-bond acceptors (Lipinski definition) is 3. The smallest absolute Gasteiger partial charge is 0.123 e. The summed E-state index contributed by atoms with van der Waals surface area (Å²) in [6.07, 6.45) is 1.25. The third-order valence-electron chi connectivity index (χ3n) is 3.65. The van der Waals surface area contributed by atoms with Crippen LogP contribution in [-0.2, 0) is 4.74 Å². The number of ether oxygens (including phenoxy) is 2. The number of halogens is 1.